The van der Waals surface area contributed by atoms with Crippen LogP contribution in [0.1, 0.15) is 49.0 Å². The van der Waals surface area contributed by atoms with Gasteiger partial charge < -0.3 is 10.6 Å². The zero-order chi connectivity index (χ0) is 16.3. The molecule has 0 radical (unpaired) electrons. The second-order valence-electron chi connectivity index (χ2n) is 6.36. The molecule has 2 N–H and O–H groups in total. The van der Waals surface area contributed by atoms with Gasteiger partial charge in [-0.15, -0.1) is 10.2 Å². The summed E-state index contributed by atoms with van der Waals surface area (Å²) < 4.78 is 22.8. The van der Waals surface area contributed by atoms with Gasteiger partial charge in [-0.3, -0.25) is 4.79 Å². The van der Waals surface area contributed by atoms with E-state index in [0.29, 0.717) is 18.3 Å². The Hall–Kier alpha value is -1.70. The molecule has 1 saturated carbocycles. The fraction of sp³-hybridized carbons (Fsp3) is 0.667. The van der Waals surface area contributed by atoms with Crippen LogP contribution in [0.15, 0.2) is 12.1 Å². The lowest BCUT2D eigenvalue weighted by Crippen LogP contribution is -2.36. The Labute approximate surface area is 136 Å². The van der Waals surface area contributed by atoms with Crippen molar-refractivity contribution >= 4 is 21.6 Å². The van der Waals surface area contributed by atoms with E-state index in [1.165, 1.54) is 19.3 Å². The molecule has 1 unspecified atom stereocenters. The summed E-state index contributed by atoms with van der Waals surface area (Å²) in [4.78, 5) is 12.1. The van der Waals surface area contributed by atoms with Crippen LogP contribution in [0.4, 0.5) is 5.82 Å². The van der Waals surface area contributed by atoms with Gasteiger partial charge in [0, 0.05) is 12.1 Å². The number of carbonyl (C=O) groups is 1. The van der Waals surface area contributed by atoms with Gasteiger partial charge in [-0.05, 0) is 31.4 Å². The van der Waals surface area contributed by atoms with E-state index in [4.69, 9.17) is 0 Å². The number of hydrogen-bond acceptors (Lipinski definition) is 6. The van der Waals surface area contributed by atoms with Gasteiger partial charge in [0.05, 0.1) is 11.5 Å². The molecule has 1 saturated heterocycles. The zero-order valence-corrected chi connectivity index (χ0v) is 13.8. The number of sulfone groups is 1. The number of aromatic nitrogens is 2. The van der Waals surface area contributed by atoms with Crippen molar-refractivity contribution in [2.75, 3.05) is 16.8 Å². The molecule has 3 rings (SSSR count). The molecule has 2 fully saturated rings. The Morgan fingerprint density at radius 1 is 1.04 bits per heavy atom. The van der Waals surface area contributed by atoms with Gasteiger partial charge in [0.15, 0.2) is 15.5 Å². The molecule has 2 aliphatic rings. The monoisotopic (exact) mass is 338 g/mol. The SMILES string of the molecule is O=C(NC1CCS(=O)(=O)C1)c1ccc(NC2CCCCC2)nn1. The standard InChI is InChI=1S/C15H22N4O3S/c20-15(17-12-8-9-23(21,22)10-12)13-6-7-14(19-18-13)16-11-4-2-1-3-5-11/h6-7,11-12H,1-5,8-10H2,(H,16,19)(H,17,20). The van der Waals surface area contributed by atoms with E-state index in [1.54, 1.807) is 12.1 Å². The molecule has 23 heavy (non-hydrogen) atoms. The zero-order valence-electron chi connectivity index (χ0n) is 13.0. The highest BCUT2D eigenvalue weighted by atomic mass is 32.2. The lowest BCUT2D eigenvalue weighted by molar-refractivity contribution is 0.0935. The van der Waals surface area contributed by atoms with Crippen LogP contribution in [0, 0.1) is 0 Å². The Morgan fingerprint density at radius 2 is 1.83 bits per heavy atom. The number of carbonyl (C=O) groups excluding carboxylic acids is 1. The molecule has 0 spiro atoms. The molecule has 1 aliphatic heterocycles. The van der Waals surface area contributed by atoms with Crippen LogP contribution in [0.5, 0.6) is 0 Å². The number of nitrogens with zero attached hydrogens (tertiary/aromatic N) is 2. The molecule has 8 heteroatoms. The molecule has 0 bridgehead atoms. The normalized spacial score (nSPS) is 24.3. The predicted molar refractivity (Wildman–Crippen MR) is 87.1 cm³/mol. The van der Waals surface area contributed by atoms with Gasteiger partial charge in [0.1, 0.15) is 5.82 Å². The van der Waals surface area contributed by atoms with Crippen LogP contribution in [-0.2, 0) is 9.84 Å². The number of rotatable bonds is 4. The second kappa shape index (κ2) is 6.82. The Bertz CT molecular complexity index is 654. The summed E-state index contributed by atoms with van der Waals surface area (Å²) in [6, 6.07) is 3.48. The molecule has 1 aromatic rings. The molecule has 1 amide bonds. The number of hydrogen-bond donors (Lipinski definition) is 2. The summed E-state index contributed by atoms with van der Waals surface area (Å²) in [7, 11) is -3.01. The van der Waals surface area contributed by atoms with E-state index in [1.807, 2.05) is 0 Å². The van der Waals surface area contributed by atoms with Crippen LogP contribution in [0.2, 0.25) is 0 Å². The fourth-order valence-electron chi connectivity index (χ4n) is 3.15. The van der Waals surface area contributed by atoms with Gasteiger partial charge in [-0.1, -0.05) is 19.3 Å². The smallest absolute Gasteiger partial charge is 0.272 e. The topological polar surface area (TPSA) is 101 Å². The van der Waals surface area contributed by atoms with Crippen molar-refractivity contribution in [3.05, 3.63) is 17.8 Å². The van der Waals surface area contributed by atoms with Gasteiger partial charge in [0.25, 0.3) is 5.91 Å². The van der Waals surface area contributed by atoms with Gasteiger partial charge in [-0.25, -0.2) is 8.42 Å². The minimum absolute atomic E-state index is 0.00743. The van der Waals surface area contributed by atoms with Crippen LogP contribution >= 0.6 is 0 Å². The summed E-state index contributed by atoms with van der Waals surface area (Å²) in [5.41, 5.74) is 0.212. The lowest BCUT2D eigenvalue weighted by Gasteiger charge is -2.22. The number of anilines is 1. The Kier molecular flexibility index (Phi) is 4.79. The van der Waals surface area contributed by atoms with Crippen molar-refractivity contribution in [3.8, 4) is 0 Å². The quantitative estimate of drug-likeness (QED) is 0.854. The fourth-order valence-corrected chi connectivity index (χ4v) is 4.83. The summed E-state index contributed by atoms with van der Waals surface area (Å²) in [5.74, 6) is 0.446. The van der Waals surface area contributed by atoms with Gasteiger partial charge >= 0.3 is 0 Å². The Balaban J connectivity index is 1.55. The third kappa shape index (κ3) is 4.40. The van der Waals surface area contributed by atoms with E-state index in [9.17, 15) is 13.2 Å². The summed E-state index contributed by atoms with van der Waals surface area (Å²) in [6.07, 6.45) is 6.49. The maximum atomic E-state index is 12.1. The van der Waals surface area contributed by atoms with E-state index in [0.717, 1.165) is 12.8 Å². The Morgan fingerprint density at radius 3 is 2.43 bits per heavy atom. The van der Waals surface area contributed by atoms with Crippen LogP contribution in [0.3, 0.4) is 0 Å². The maximum absolute atomic E-state index is 12.1. The first-order valence-electron chi connectivity index (χ1n) is 8.13. The van der Waals surface area contributed by atoms with Crippen molar-refractivity contribution < 1.29 is 13.2 Å². The molecule has 1 atom stereocenters. The van der Waals surface area contributed by atoms with E-state index in [-0.39, 0.29) is 29.1 Å². The first-order valence-corrected chi connectivity index (χ1v) is 9.95. The summed E-state index contributed by atoms with van der Waals surface area (Å²) in [5, 5.41) is 14.1. The van der Waals surface area contributed by atoms with Crippen LogP contribution in [-0.4, -0.2) is 48.1 Å². The van der Waals surface area contributed by atoms with Crippen molar-refractivity contribution in [2.24, 2.45) is 0 Å². The summed E-state index contributed by atoms with van der Waals surface area (Å²) >= 11 is 0. The molecule has 1 aromatic heterocycles. The van der Waals surface area contributed by atoms with Crippen LogP contribution in [0.25, 0.3) is 0 Å². The highest BCUT2D eigenvalue weighted by molar-refractivity contribution is 7.91. The van der Waals surface area contributed by atoms with Gasteiger partial charge in [0.2, 0.25) is 0 Å². The van der Waals surface area contributed by atoms with Crippen molar-refractivity contribution in [3.63, 3.8) is 0 Å². The molecule has 126 valence electrons. The first kappa shape index (κ1) is 16.2. The third-order valence-corrected chi connectivity index (χ3v) is 6.19. The second-order valence-corrected chi connectivity index (χ2v) is 8.59. The van der Waals surface area contributed by atoms with E-state index < -0.39 is 9.84 Å². The molecule has 7 nitrogen and oxygen atoms in total. The van der Waals surface area contributed by atoms with Crippen molar-refractivity contribution in [2.45, 2.75) is 50.6 Å². The molecule has 1 aliphatic carbocycles. The predicted octanol–water partition coefficient (Wildman–Crippen LogP) is 1.14. The largest absolute Gasteiger partial charge is 0.366 e. The highest BCUT2D eigenvalue weighted by Crippen LogP contribution is 2.20. The first-order chi connectivity index (χ1) is 11.0. The minimum Gasteiger partial charge on any atom is -0.366 e. The average molecular weight is 338 g/mol. The lowest BCUT2D eigenvalue weighted by atomic mass is 9.95. The summed E-state index contributed by atoms with van der Waals surface area (Å²) in [6.45, 7) is 0. The van der Waals surface area contributed by atoms with Crippen molar-refractivity contribution in [1.82, 2.24) is 15.5 Å². The average Bonchev–Trinajstić information content (AvgIpc) is 2.88. The molecule has 0 aromatic carbocycles. The van der Waals surface area contributed by atoms with Crippen LogP contribution < -0.4 is 10.6 Å². The number of nitrogens with one attached hydrogen (secondary N) is 2. The van der Waals surface area contributed by atoms with Crippen molar-refractivity contribution in [1.29, 1.82) is 0 Å². The molecule has 2 heterocycles. The van der Waals surface area contributed by atoms with E-state index >= 15 is 0 Å². The minimum atomic E-state index is -3.01. The highest BCUT2D eigenvalue weighted by Gasteiger charge is 2.29. The molecular weight excluding hydrogens is 316 g/mol. The van der Waals surface area contributed by atoms with E-state index in [2.05, 4.69) is 20.8 Å². The third-order valence-electron chi connectivity index (χ3n) is 4.42. The number of amides is 1. The molecular formula is C15H22N4O3S. The van der Waals surface area contributed by atoms with Gasteiger partial charge in [-0.2, -0.15) is 0 Å². The maximum Gasteiger partial charge on any atom is 0.272 e.